The van der Waals surface area contributed by atoms with Crippen molar-refractivity contribution in [2.24, 2.45) is 0 Å². The third kappa shape index (κ3) is 4.41. The van der Waals surface area contributed by atoms with Gasteiger partial charge in [-0.25, -0.2) is 0 Å². The lowest BCUT2D eigenvalue weighted by molar-refractivity contribution is 0.0755. The SMILES string of the molecule is CC(Cc1ccc(Br)cc1)NC1CCOCC1. The smallest absolute Gasteiger partial charge is 0.0480 e. The Kier molecular flexibility index (Phi) is 5.01. The third-order valence-corrected chi connectivity index (χ3v) is 3.73. The molecule has 1 fully saturated rings. The molecule has 0 aromatic heterocycles. The molecule has 1 unspecified atom stereocenters. The van der Waals surface area contributed by atoms with Gasteiger partial charge in [0.25, 0.3) is 0 Å². The first-order valence-corrected chi connectivity index (χ1v) is 7.11. The largest absolute Gasteiger partial charge is 0.381 e. The fourth-order valence-corrected chi connectivity index (χ4v) is 2.56. The topological polar surface area (TPSA) is 21.3 Å². The number of benzene rings is 1. The number of hydrogen-bond acceptors (Lipinski definition) is 2. The Bertz CT molecular complexity index is 333. The van der Waals surface area contributed by atoms with Crippen LogP contribution in [0.15, 0.2) is 28.7 Å². The van der Waals surface area contributed by atoms with Crippen LogP contribution in [-0.2, 0) is 11.2 Å². The summed E-state index contributed by atoms with van der Waals surface area (Å²) in [7, 11) is 0. The molecule has 0 saturated carbocycles. The van der Waals surface area contributed by atoms with Gasteiger partial charge in [-0.2, -0.15) is 0 Å². The zero-order chi connectivity index (χ0) is 12.1. The zero-order valence-corrected chi connectivity index (χ0v) is 11.9. The highest BCUT2D eigenvalue weighted by Gasteiger charge is 2.15. The van der Waals surface area contributed by atoms with Crippen molar-refractivity contribution in [3.8, 4) is 0 Å². The minimum absolute atomic E-state index is 0.527. The van der Waals surface area contributed by atoms with Gasteiger partial charge in [-0.3, -0.25) is 0 Å². The van der Waals surface area contributed by atoms with Crippen molar-refractivity contribution in [3.05, 3.63) is 34.3 Å². The normalized spacial score (nSPS) is 19.2. The van der Waals surface area contributed by atoms with Crippen LogP contribution in [0.25, 0.3) is 0 Å². The number of halogens is 1. The van der Waals surface area contributed by atoms with Crippen molar-refractivity contribution in [3.63, 3.8) is 0 Å². The lowest BCUT2D eigenvalue weighted by Crippen LogP contribution is -2.41. The molecule has 1 aromatic carbocycles. The molecule has 1 N–H and O–H groups in total. The fraction of sp³-hybridized carbons (Fsp3) is 0.571. The van der Waals surface area contributed by atoms with Crippen molar-refractivity contribution >= 4 is 15.9 Å². The van der Waals surface area contributed by atoms with Crippen LogP contribution in [0.1, 0.15) is 25.3 Å². The van der Waals surface area contributed by atoms with Gasteiger partial charge in [-0.1, -0.05) is 28.1 Å². The first-order chi connectivity index (χ1) is 8.24. The summed E-state index contributed by atoms with van der Waals surface area (Å²) >= 11 is 3.46. The molecule has 1 aliphatic heterocycles. The molecule has 0 amide bonds. The van der Waals surface area contributed by atoms with E-state index in [9.17, 15) is 0 Å². The molecule has 94 valence electrons. The molecule has 1 aliphatic rings. The molecule has 1 atom stereocenters. The molecule has 1 saturated heterocycles. The summed E-state index contributed by atoms with van der Waals surface area (Å²) in [6, 6.07) is 9.75. The van der Waals surface area contributed by atoms with E-state index in [1.54, 1.807) is 0 Å². The van der Waals surface area contributed by atoms with Crippen molar-refractivity contribution < 1.29 is 4.74 Å². The molecular weight excluding hydrogens is 278 g/mol. The van der Waals surface area contributed by atoms with E-state index in [1.807, 2.05) is 0 Å². The Hall–Kier alpha value is -0.380. The van der Waals surface area contributed by atoms with Crippen LogP contribution in [0.4, 0.5) is 0 Å². The highest BCUT2D eigenvalue weighted by atomic mass is 79.9. The minimum atomic E-state index is 0.527. The van der Waals surface area contributed by atoms with Gasteiger partial charge in [0.1, 0.15) is 0 Å². The van der Waals surface area contributed by atoms with Crippen LogP contribution >= 0.6 is 15.9 Å². The van der Waals surface area contributed by atoms with Crippen molar-refractivity contribution in [2.75, 3.05) is 13.2 Å². The fourth-order valence-electron chi connectivity index (χ4n) is 2.30. The Morgan fingerprint density at radius 1 is 1.29 bits per heavy atom. The molecule has 0 bridgehead atoms. The first kappa shape index (κ1) is 13.1. The lowest BCUT2D eigenvalue weighted by Gasteiger charge is -2.26. The second-order valence-corrected chi connectivity index (χ2v) is 5.70. The van der Waals surface area contributed by atoms with Gasteiger partial charge < -0.3 is 10.1 Å². The summed E-state index contributed by atoms with van der Waals surface area (Å²) in [5.74, 6) is 0. The van der Waals surface area contributed by atoms with Gasteiger partial charge in [-0.05, 0) is 43.9 Å². The Labute approximate surface area is 112 Å². The third-order valence-electron chi connectivity index (χ3n) is 3.20. The molecule has 0 spiro atoms. The molecular formula is C14H20BrNO. The van der Waals surface area contributed by atoms with Gasteiger partial charge in [0, 0.05) is 29.8 Å². The average molecular weight is 298 g/mol. The van der Waals surface area contributed by atoms with Crippen LogP contribution in [0.3, 0.4) is 0 Å². The Morgan fingerprint density at radius 3 is 2.59 bits per heavy atom. The lowest BCUT2D eigenvalue weighted by atomic mass is 10.0. The minimum Gasteiger partial charge on any atom is -0.381 e. The van der Waals surface area contributed by atoms with Crippen LogP contribution in [0.2, 0.25) is 0 Å². The van der Waals surface area contributed by atoms with E-state index in [0.29, 0.717) is 12.1 Å². The van der Waals surface area contributed by atoms with Crippen LogP contribution in [0.5, 0.6) is 0 Å². The van der Waals surface area contributed by atoms with Crippen LogP contribution < -0.4 is 5.32 Å². The summed E-state index contributed by atoms with van der Waals surface area (Å²) in [6.45, 7) is 4.07. The van der Waals surface area contributed by atoms with Gasteiger partial charge in [0.05, 0.1) is 0 Å². The van der Waals surface area contributed by atoms with E-state index < -0.39 is 0 Å². The predicted octanol–water partition coefficient (Wildman–Crippen LogP) is 3.15. The summed E-state index contributed by atoms with van der Waals surface area (Å²) in [5.41, 5.74) is 1.39. The predicted molar refractivity (Wildman–Crippen MR) is 74.3 cm³/mol. The van der Waals surface area contributed by atoms with Crippen molar-refractivity contribution in [2.45, 2.75) is 38.3 Å². The highest BCUT2D eigenvalue weighted by molar-refractivity contribution is 9.10. The maximum absolute atomic E-state index is 5.37. The van der Waals surface area contributed by atoms with Gasteiger partial charge in [0.15, 0.2) is 0 Å². The maximum atomic E-state index is 5.37. The van der Waals surface area contributed by atoms with E-state index in [1.165, 1.54) is 5.56 Å². The van der Waals surface area contributed by atoms with Crippen LogP contribution in [0, 0.1) is 0 Å². The van der Waals surface area contributed by atoms with Gasteiger partial charge in [-0.15, -0.1) is 0 Å². The average Bonchev–Trinajstić information content (AvgIpc) is 2.33. The van der Waals surface area contributed by atoms with E-state index in [4.69, 9.17) is 4.74 Å². The zero-order valence-electron chi connectivity index (χ0n) is 10.3. The number of hydrogen-bond donors (Lipinski definition) is 1. The molecule has 2 nitrogen and oxygen atoms in total. The van der Waals surface area contributed by atoms with Crippen molar-refractivity contribution in [1.82, 2.24) is 5.32 Å². The van der Waals surface area contributed by atoms with E-state index >= 15 is 0 Å². The number of rotatable bonds is 4. The summed E-state index contributed by atoms with van der Waals surface area (Å²) in [5, 5.41) is 3.69. The molecule has 3 heteroatoms. The highest BCUT2D eigenvalue weighted by Crippen LogP contribution is 2.13. The summed E-state index contributed by atoms with van der Waals surface area (Å²) in [6.07, 6.45) is 3.37. The molecule has 1 heterocycles. The Balaban J connectivity index is 1.79. The second kappa shape index (κ2) is 6.53. The molecule has 2 rings (SSSR count). The van der Waals surface area contributed by atoms with E-state index in [-0.39, 0.29) is 0 Å². The van der Waals surface area contributed by atoms with E-state index in [2.05, 4.69) is 52.4 Å². The first-order valence-electron chi connectivity index (χ1n) is 6.32. The summed E-state index contributed by atoms with van der Waals surface area (Å²) in [4.78, 5) is 0. The Morgan fingerprint density at radius 2 is 1.94 bits per heavy atom. The standard InChI is InChI=1S/C14H20BrNO/c1-11(16-14-6-8-17-9-7-14)10-12-2-4-13(15)5-3-12/h2-5,11,14,16H,6-10H2,1H3. The monoisotopic (exact) mass is 297 g/mol. The molecule has 0 radical (unpaired) electrons. The quantitative estimate of drug-likeness (QED) is 0.922. The number of nitrogens with one attached hydrogen (secondary N) is 1. The second-order valence-electron chi connectivity index (χ2n) is 4.78. The van der Waals surface area contributed by atoms with Gasteiger partial charge >= 0.3 is 0 Å². The molecule has 17 heavy (non-hydrogen) atoms. The number of ether oxygens (including phenoxy) is 1. The van der Waals surface area contributed by atoms with Gasteiger partial charge in [0.2, 0.25) is 0 Å². The van der Waals surface area contributed by atoms with Crippen molar-refractivity contribution in [1.29, 1.82) is 0 Å². The van der Waals surface area contributed by atoms with E-state index in [0.717, 1.165) is 36.9 Å². The van der Waals surface area contributed by atoms with Crippen LogP contribution in [-0.4, -0.2) is 25.3 Å². The maximum Gasteiger partial charge on any atom is 0.0480 e. The summed E-state index contributed by atoms with van der Waals surface area (Å²) < 4.78 is 6.51. The molecule has 1 aromatic rings. The molecule has 0 aliphatic carbocycles.